The molecule has 17 heavy (non-hydrogen) atoms. The van der Waals surface area contributed by atoms with Crippen LogP contribution in [-0.4, -0.2) is 30.9 Å². The summed E-state index contributed by atoms with van der Waals surface area (Å²) in [6.45, 7) is 2.16. The van der Waals surface area contributed by atoms with E-state index in [0.29, 0.717) is 0 Å². The molecule has 0 fully saturated rings. The molecule has 5 heteroatoms. The van der Waals surface area contributed by atoms with Crippen molar-refractivity contribution in [1.29, 1.82) is 0 Å². The SMILES string of the molecule is CCCCCCCCSCC(OC)C(F)(F)F. The maximum Gasteiger partial charge on any atom is 0.415 e. The van der Waals surface area contributed by atoms with Crippen LogP contribution in [0.1, 0.15) is 45.4 Å². The van der Waals surface area contributed by atoms with E-state index in [9.17, 15) is 13.2 Å². The Balaban J connectivity index is 3.38. The molecule has 1 atom stereocenters. The van der Waals surface area contributed by atoms with Crippen LogP contribution in [0.5, 0.6) is 0 Å². The van der Waals surface area contributed by atoms with Crippen LogP contribution >= 0.6 is 11.8 Å². The Labute approximate surface area is 106 Å². The summed E-state index contributed by atoms with van der Waals surface area (Å²) < 4.78 is 41.3. The van der Waals surface area contributed by atoms with E-state index in [4.69, 9.17) is 0 Å². The van der Waals surface area contributed by atoms with Crippen molar-refractivity contribution in [2.45, 2.75) is 57.7 Å². The second kappa shape index (κ2) is 10.1. The van der Waals surface area contributed by atoms with Gasteiger partial charge in [0, 0.05) is 12.9 Å². The predicted octanol–water partition coefficient (Wildman–Crippen LogP) is 4.66. The first kappa shape index (κ1) is 17.1. The van der Waals surface area contributed by atoms with Crippen molar-refractivity contribution in [3.8, 4) is 0 Å². The minimum Gasteiger partial charge on any atom is -0.371 e. The maximum atomic E-state index is 12.3. The van der Waals surface area contributed by atoms with Gasteiger partial charge in [-0.3, -0.25) is 0 Å². The fraction of sp³-hybridized carbons (Fsp3) is 1.00. The van der Waals surface area contributed by atoms with E-state index in [1.165, 1.54) is 37.4 Å². The number of methoxy groups -OCH3 is 1. The number of ether oxygens (including phenoxy) is 1. The van der Waals surface area contributed by atoms with E-state index in [2.05, 4.69) is 11.7 Å². The molecule has 104 valence electrons. The van der Waals surface area contributed by atoms with Gasteiger partial charge < -0.3 is 4.74 Å². The van der Waals surface area contributed by atoms with Gasteiger partial charge in [-0.15, -0.1) is 0 Å². The van der Waals surface area contributed by atoms with Crippen LogP contribution in [0.15, 0.2) is 0 Å². The number of halogens is 3. The number of thioether (sulfide) groups is 1. The Bertz CT molecular complexity index is 174. The first-order valence-corrected chi connectivity index (χ1v) is 7.35. The molecule has 0 aromatic heterocycles. The molecule has 0 bridgehead atoms. The van der Waals surface area contributed by atoms with Crippen LogP contribution in [0.25, 0.3) is 0 Å². The molecule has 0 aliphatic rings. The van der Waals surface area contributed by atoms with Gasteiger partial charge in [0.15, 0.2) is 6.10 Å². The number of unbranched alkanes of at least 4 members (excludes halogenated alkanes) is 5. The highest BCUT2D eigenvalue weighted by Crippen LogP contribution is 2.25. The fourth-order valence-electron chi connectivity index (χ4n) is 1.47. The lowest BCUT2D eigenvalue weighted by Gasteiger charge is -2.17. The predicted molar refractivity (Wildman–Crippen MR) is 67.6 cm³/mol. The number of alkyl halides is 3. The van der Waals surface area contributed by atoms with E-state index < -0.39 is 12.3 Å². The van der Waals surface area contributed by atoms with Crippen molar-refractivity contribution in [3.05, 3.63) is 0 Å². The van der Waals surface area contributed by atoms with Crippen molar-refractivity contribution in [3.63, 3.8) is 0 Å². The molecule has 0 aromatic rings. The highest BCUT2D eigenvalue weighted by atomic mass is 32.2. The van der Waals surface area contributed by atoms with Gasteiger partial charge in [-0.1, -0.05) is 39.0 Å². The summed E-state index contributed by atoms with van der Waals surface area (Å²) in [5.74, 6) is 0.803. The Morgan fingerprint density at radius 2 is 1.65 bits per heavy atom. The first-order valence-electron chi connectivity index (χ1n) is 6.19. The van der Waals surface area contributed by atoms with Crippen molar-refractivity contribution in [2.24, 2.45) is 0 Å². The Kier molecular flexibility index (Phi) is 10.1. The highest BCUT2D eigenvalue weighted by Gasteiger charge is 2.39. The first-order chi connectivity index (χ1) is 8.02. The molecule has 0 N–H and O–H groups in total. The standard InChI is InChI=1S/C12H23F3OS/c1-3-4-5-6-7-8-9-17-10-11(16-2)12(13,14)15/h11H,3-10H2,1-2H3. The number of rotatable bonds is 10. The van der Waals surface area contributed by atoms with Crippen molar-refractivity contribution in [2.75, 3.05) is 18.6 Å². The van der Waals surface area contributed by atoms with Crippen LogP contribution in [0.2, 0.25) is 0 Å². The smallest absolute Gasteiger partial charge is 0.371 e. The van der Waals surface area contributed by atoms with Gasteiger partial charge in [-0.25, -0.2) is 0 Å². The lowest BCUT2D eigenvalue weighted by Crippen LogP contribution is -2.32. The summed E-state index contributed by atoms with van der Waals surface area (Å²) in [6, 6.07) is 0. The van der Waals surface area contributed by atoms with Gasteiger partial charge in [0.25, 0.3) is 0 Å². The molecule has 0 spiro atoms. The topological polar surface area (TPSA) is 9.23 Å². The van der Waals surface area contributed by atoms with Gasteiger partial charge in [0.2, 0.25) is 0 Å². The van der Waals surface area contributed by atoms with Crippen LogP contribution in [0.3, 0.4) is 0 Å². The van der Waals surface area contributed by atoms with E-state index in [1.54, 1.807) is 0 Å². The third-order valence-corrected chi connectivity index (χ3v) is 3.68. The second-order valence-electron chi connectivity index (χ2n) is 4.11. The van der Waals surface area contributed by atoms with E-state index in [-0.39, 0.29) is 5.75 Å². The van der Waals surface area contributed by atoms with E-state index in [1.807, 2.05) is 0 Å². The van der Waals surface area contributed by atoms with Crippen molar-refractivity contribution >= 4 is 11.8 Å². The molecule has 0 saturated carbocycles. The maximum absolute atomic E-state index is 12.3. The van der Waals surface area contributed by atoms with Crippen LogP contribution in [0, 0.1) is 0 Å². The summed E-state index contributed by atoms with van der Waals surface area (Å²) >= 11 is 1.33. The third-order valence-electron chi connectivity index (χ3n) is 2.56. The Hall–Kier alpha value is 0.100. The number of hydrogen-bond donors (Lipinski definition) is 0. The Morgan fingerprint density at radius 3 is 2.18 bits per heavy atom. The summed E-state index contributed by atoms with van der Waals surface area (Å²) in [5.41, 5.74) is 0. The van der Waals surface area contributed by atoms with Gasteiger partial charge in [-0.05, 0) is 12.2 Å². The lowest BCUT2D eigenvalue weighted by molar-refractivity contribution is -0.204. The molecule has 0 saturated heterocycles. The summed E-state index contributed by atoms with van der Waals surface area (Å²) in [6.07, 6.45) is 1.18. The molecule has 0 amide bonds. The highest BCUT2D eigenvalue weighted by molar-refractivity contribution is 7.99. The minimum atomic E-state index is -4.23. The zero-order valence-electron chi connectivity index (χ0n) is 10.7. The second-order valence-corrected chi connectivity index (χ2v) is 5.26. The molecule has 0 aliphatic carbocycles. The number of hydrogen-bond acceptors (Lipinski definition) is 2. The van der Waals surface area contributed by atoms with E-state index in [0.717, 1.165) is 25.7 Å². The summed E-state index contributed by atoms with van der Waals surface area (Å²) in [7, 11) is 1.11. The quantitative estimate of drug-likeness (QED) is 0.535. The van der Waals surface area contributed by atoms with Gasteiger partial charge in [-0.2, -0.15) is 24.9 Å². The van der Waals surface area contributed by atoms with Gasteiger partial charge >= 0.3 is 6.18 Å². The van der Waals surface area contributed by atoms with Crippen LogP contribution in [0.4, 0.5) is 13.2 Å². The van der Waals surface area contributed by atoms with Gasteiger partial charge in [0.1, 0.15) is 0 Å². The monoisotopic (exact) mass is 272 g/mol. The van der Waals surface area contributed by atoms with Gasteiger partial charge in [0.05, 0.1) is 0 Å². The van der Waals surface area contributed by atoms with Crippen LogP contribution < -0.4 is 0 Å². The average molecular weight is 272 g/mol. The molecule has 0 rings (SSSR count). The Morgan fingerprint density at radius 1 is 1.06 bits per heavy atom. The molecule has 0 aromatic carbocycles. The summed E-state index contributed by atoms with van der Waals surface area (Å²) in [5, 5.41) is 0. The third kappa shape index (κ3) is 9.77. The molecular formula is C12H23F3OS. The van der Waals surface area contributed by atoms with E-state index >= 15 is 0 Å². The minimum absolute atomic E-state index is 0.00889. The molecule has 0 heterocycles. The largest absolute Gasteiger partial charge is 0.415 e. The zero-order valence-corrected chi connectivity index (χ0v) is 11.5. The zero-order chi connectivity index (χ0) is 13.1. The summed E-state index contributed by atoms with van der Waals surface area (Å²) in [4.78, 5) is 0. The molecule has 1 nitrogen and oxygen atoms in total. The average Bonchev–Trinajstić information content (AvgIpc) is 2.25. The molecule has 0 radical (unpaired) electrons. The molecule has 0 aliphatic heterocycles. The van der Waals surface area contributed by atoms with Crippen molar-refractivity contribution < 1.29 is 17.9 Å². The fourth-order valence-corrected chi connectivity index (χ4v) is 2.59. The normalized spacial score (nSPS) is 13.9. The molecule has 1 unspecified atom stereocenters. The molecular weight excluding hydrogens is 249 g/mol. The lowest BCUT2D eigenvalue weighted by atomic mass is 10.1. The van der Waals surface area contributed by atoms with Crippen molar-refractivity contribution in [1.82, 2.24) is 0 Å². The van der Waals surface area contributed by atoms with Crippen LogP contribution in [-0.2, 0) is 4.74 Å².